The molecule has 1 aromatic rings. The van der Waals surface area contributed by atoms with E-state index in [1.54, 1.807) is 0 Å². The monoisotopic (exact) mass is 201 g/mol. The number of rotatable bonds is 4. The highest BCUT2D eigenvalue weighted by atomic mass is 32.2. The number of nitrogens with one attached hydrogen (secondary N) is 1. The lowest BCUT2D eigenvalue weighted by molar-refractivity contribution is 0.499. The van der Waals surface area contributed by atoms with Gasteiger partial charge in [0.15, 0.2) is 0 Å². The Hall–Kier alpha value is -1.14. The molecule has 13 heavy (non-hydrogen) atoms. The van der Waals surface area contributed by atoms with Gasteiger partial charge in [-0.05, 0) is 0 Å². The molecule has 0 aliphatic carbocycles. The van der Waals surface area contributed by atoms with Gasteiger partial charge in [-0.1, -0.05) is 6.08 Å². The quantitative estimate of drug-likeness (QED) is 0.708. The molecule has 0 aliphatic heterocycles. The highest BCUT2D eigenvalue weighted by Gasteiger charge is 2.19. The molecule has 0 aromatic carbocycles. The van der Waals surface area contributed by atoms with Crippen molar-refractivity contribution in [2.75, 3.05) is 13.6 Å². The molecule has 0 amide bonds. The number of sulfonamides is 1. The molecule has 1 heterocycles. The first-order valence-electron chi connectivity index (χ1n) is 3.65. The number of aromatic amines is 1. The molecular weight excluding hydrogens is 190 g/mol. The van der Waals surface area contributed by atoms with Crippen LogP contribution in [-0.2, 0) is 10.0 Å². The van der Waals surface area contributed by atoms with Gasteiger partial charge in [0, 0.05) is 19.8 Å². The Kier molecular flexibility index (Phi) is 2.84. The summed E-state index contributed by atoms with van der Waals surface area (Å²) in [6, 6.07) is 0. The van der Waals surface area contributed by atoms with Gasteiger partial charge in [-0.3, -0.25) is 5.10 Å². The second kappa shape index (κ2) is 3.71. The zero-order valence-corrected chi connectivity index (χ0v) is 8.08. The molecule has 1 aromatic heterocycles. The molecule has 1 N–H and O–H groups in total. The number of aromatic nitrogens is 2. The zero-order valence-electron chi connectivity index (χ0n) is 7.27. The number of likely N-dealkylation sites (N-methyl/N-ethyl adjacent to an activating group) is 1. The SMILES string of the molecule is C=CCN(C)S(=O)(=O)c1cn[nH]c1. The Morgan fingerprint density at radius 2 is 2.46 bits per heavy atom. The van der Waals surface area contributed by atoms with Crippen molar-refractivity contribution in [1.82, 2.24) is 14.5 Å². The molecule has 0 radical (unpaired) electrons. The maximum Gasteiger partial charge on any atom is 0.246 e. The Labute approximate surface area is 77.1 Å². The predicted octanol–water partition coefficient (Wildman–Crippen LogP) is 0.216. The van der Waals surface area contributed by atoms with E-state index in [9.17, 15) is 8.42 Å². The Morgan fingerprint density at radius 1 is 1.77 bits per heavy atom. The predicted molar refractivity (Wildman–Crippen MR) is 48.6 cm³/mol. The summed E-state index contributed by atoms with van der Waals surface area (Å²) >= 11 is 0. The largest absolute Gasteiger partial charge is 0.284 e. The van der Waals surface area contributed by atoms with Crippen molar-refractivity contribution in [2.24, 2.45) is 0 Å². The maximum atomic E-state index is 11.6. The van der Waals surface area contributed by atoms with E-state index in [0.29, 0.717) is 0 Å². The fourth-order valence-corrected chi connectivity index (χ4v) is 1.89. The number of H-pyrrole nitrogens is 1. The van der Waals surface area contributed by atoms with E-state index in [-0.39, 0.29) is 11.4 Å². The number of nitrogens with zero attached hydrogens (tertiary/aromatic N) is 2. The molecule has 0 fully saturated rings. The third kappa shape index (κ3) is 1.96. The summed E-state index contributed by atoms with van der Waals surface area (Å²) in [6.07, 6.45) is 4.14. The minimum Gasteiger partial charge on any atom is -0.284 e. The van der Waals surface area contributed by atoms with Crippen LogP contribution >= 0.6 is 0 Å². The standard InChI is InChI=1S/C7H11N3O2S/c1-3-4-10(2)13(11,12)7-5-8-9-6-7/h3,5-6H,1,4H2,2H3,(H,8,9). The summed E-state index contributed by atoms with van der Waals surface area (Å²) in [4.78, 5) is 0.164. The van der Waals surface area contributed by atoms with Gasteiger partial charge in [-0.25, -0.2) is 8.42 Å². The molecule has 0 bridgehead atoms. The Bertz CT molecular complexity index is 368. The van der Waals surface area contributed by atoms with E-state index >= 15 is 0 Å². The second-order valence-electron chi connectivity index (χ2n) is 2.51. The number of hydrogen-bond donors (Lipinski definition) is 1. The van der Waals surface area contributed by atoms with Gasteiger partial charge in [0.05, 0.1) is 6.20 Å². The highest BCUT2D eigenvalue weighted by Crippen LogP contribution is 2.10. The third-order valence-electron chi connectivity index (χ3n) is 1.57. The van der Waals surface area contributed by atoms with Gasteiger partial charge >= 0.3 is 0 Å². The van der Waals surface area contributed by atoms with E-state index in [2.05, 4.69) is 16.8 Å². The van der Waals surface area contributed by atoms with Crippen LogP contribution in [0.5, 0.6) is 0 Å². The Morgan fingerprint density at radius 3 is 2.92 bits per heavy atom. The van der Waals surface area contributed by atoms with Crippen molar-refractivity contribution < 1.29 is 8.42 Å². The molecule has 0 atom stereocenters. The number of hydrogen-bond acceptors (Lipinski definition) is 3. The van der Waals surface area contributed by atoms with Gasteiger partial charge in [-0.15, -0.1) is 6.58 Å². The molecule has 0 spiro atoms. The fraction of sp³-hybridized carbons (Fsp3) is 0.286. The van der Waals surface area contributed by atoms with Crippen LogP contribution in [0.2, 0.25) is 0 Å². The van der Waals surface area contributed by atoms with Gasteiger partial charge in [0.25, 0.3) is 0 Å². The van der Waals surface area contributed by atoms with Gasteiger partial charge in [0.2, 0.25) is 10.0 Å². The summed E-state index contributed by atoms with van der Waals surface area (Å²) in [7, 11) is -1.90. The first kappa shape index (κ1) is 9.94. The molecular formula is C7H11N3O2S. The van der Waals surface area contributed by atoms with Crippen molar-refractivity contribution >= 4 is 10.0 Å². The second-order valence-corrected chi connectivity index (χ2v) is 4.55. The van der Waals surface area contributed by atoms with E-state index in [4.69, 9.17) is 0 Å². The maximum absolute atomic E-state index is 11.6. The molecule has 6 heteroatoms. The molecule has 0 unspecified atom stereocenters. The van der Waals surface area contributed by atoms with Crippen LogP contribution in [0.1, 0.15) is 0 Å². The van der Waals surface area contributed by atoms with Crippen molar-refractivity contribution in [1.29, 1.82) is 0 Å². The summed E-state index contributed by atoms with van der Waals surface area (Å²) < 4.78 is 24.4. The van der Waals surface area contributed by atoms with Gasteiger partial charge < -0.3 is 0 Å². The first-order valence-corrected chi connectivity index (χ1v) is 5.09. The lowest BCUT2D eigenvalue weighted by Crippen LogP contribution is -2.26. The topological polar surface area (TPSA) is 66.1 Å². The minimum absolute atomic E-state index is 0.164. The van der Waals surface area contributed by atoms with Crippen LogP contribution in [0.3, 0.4) is 0 Å². The van der Waals surface area contributed by atoms with E-state index < -0.39 is 10.0 Å². The molecule has 0 aliphatic rings. The zero-order chi connectivity index (χ0) is 9.90. The molecule has 0 saturated carbocycles. The Balaban J connectivity index is 2.96. The van der Waals surface area contributed by atoms with E-state index in [0.717, 1.165) is 0 Å². The summed E-state index contributed by atoms with van der Waals surface area (Å²) in [5.41, 5.74) is 0. The van der Waals surface area contributed by atoms with Crippen LogP contribution in [0, 0.1) is 0 Å². The lowest BCUT2D eigenvalue weighted by atomic mass is 10.6. The summed E-state index contributed by atoms with van der Waals surface area (Å²) in [5, 5.41) is 6.03. The van der Waals surface area contributed by atoms with Crippen molar-refractivity contribution in [3.63, 3.8) is 0 Å². The molecule has 0 saturated heterocycles. The van der Waals surface area contributed by atoms with Gasteiger partial charge in [0.1, 0.15) is 4.90 Å². The van der Waals surface area contributed by atoms with Crippen molar-refractivity contribution in [3.05, 3.63) is 25.0 Å². The molecule has 72 valence electrons. The fourth-order valence-electron chi connectivity index (χ4n) is 0.840. The average Bonchev–Trinajstić information content (AvgIpc) is 2.56. The smallest absolute Gasteiger partial charge is 0.246 e. The van der Waals surface area contributed by atoms with Crippen LogP contribution in [0.4, 0.5) is 0 Å². The molecule has 5 nitrogen and oxygen atoms in total. The van der Waals surface area contributed by atoms with Crippen LogP contribution in [-0.4, -0.2) is 36.5 Å². The minimum atomic E-state index is -3.39. The third-order valence-corrected chi connectivity index (χ3v) is 3.36. The van der Waals surface area contributed by atoms with E-state index in [1.165, 1.54) is 29.8 Å². The van der Waals surface area contributed by atoms with Crippen molar-refractivity contribution in [3.8, 4) is 0 Å². The first-order chi connectivity index (χ1) is 6.09. The van der Waals surface area contributed by atoms with Crippen LogP contribution in [0.15, 0.2) is 29.9 Å². The summed E-state index contributed by atoms with van der Waals surface area (Å²) in [6.45, 7) is 3.75. The summed E-state index contributed by atoms with van der Waals surface area (Å²) in [5.74, 6) is 0. The molecule has 1 rings (SSSR count). The lowest BCUT2D eigenvalue weighted by Gasteiger charge is -2.12. The van der Waals surface area contributed by atoms with Crippen LogP contribution < -0.4 is 0 Å². The van der Waals surface area contributed by atoms with Crippen molar-refractivity contribution in [2.45, 2.75) is 4.90 Å². The normalized spacial score (nSPS) is 11.8. The highest BCUT2D eigenvalue weighted by molar-refractivity contribution is 7.89. The van der Waals surface area contributed by atoms with Gasteiger partial charge in [-0.2, -0.15) is 9.40 Å². The van der Waals surface area contributed by atoms with E-state index in [1.807, 2.05) is 0 Å². The van der Waals surface area contributed by atoms with Crippen LogP contribution in [0.25, 0.3) is 0 Å². The average molecular weight is 201 g/mol.